The number of carbonyl (C=O) groups is 2. The number of amides is 1. The Labute approximate surface area is 154 Å². The fourth-order valence-corrected chi connectivity index (χ4v) is 3.40. The molecule has 1 saturated heterocycles. The molecule has 1 aliphatic heterocycles. The zero-order valence-electron chi connectivity index (χ0n) is 14.7. The Hall–Kier alpha value is -2.74. The molecule has 1 amide bonds. The number of furan rings is 1. The number of carbonyl (C=O) groups excluding carboxylic acids is 1. The molecule has 2 heterocycles. The number of benzene rings is 1. The second-order valence-electron chi connectivity index (χ2n) is 6.49. The van der Waals surface area contributed by atoms with E-state index in [4.69, 9.17) is 14.3 Å². The number of carboxylic acids is 1. The van der Waals surface area contributed by atoms with E-state index in [1.165, 1.54) is 19.1 Å². The average molecular weight is 379 g/mol. The Bertz CT molecular complexity index is 871. The Kier molecular flexibility index (Phi) is 5.27. The van der Waals surface area contributed by atoms with E-state index >= 15 is 0 Å². The van der Waals surface area contributed by atoms with Gasteiger partial charge in [-0.2, -0.15) is 0 Å². The summed E-state index contributed by atoms with van der Waals surface area (Å²) in [7, 11) is 0. The molecule has 0 saturated carbocycles. The lowest BCUT2D eigenvalue weighted by Gasteiger charge is -2.36. The van der Waals surface area contributed by atoms with Crippen molar-refractivity contribution in [2.75, 3.05) is 13.2 Å². The van der Waals surface area contributed by atoms with Crippen LogP contribution in [0.3, 0.4) is 0 Å². The summed E-state index contributed by atoms with van der Waals surface area (Å²) in [4.78, 5) is 24.1. The fraction of sp³-hybridized carbons (Fsp3) is 0.368. The van der Waals surface area contributed by atoms with E-state index in [2.05, 4.69) is 5.32 Å². The largest absolute Gasteiger partial charge is 0.478 e. The summed E-state index contributed by atoms with van der Waals surface area (Å²) in [5, 5.41) is 11.8. The van der Waals surface area contributed by atoms with E-state index in [9.17, 15) is 18.4 Å². The van der Waals surface area contributed by atoms with Crippen molar-refractivity contribution in [3.8, 4) is 0 Å². The molecule has 2 N–H and O–H groups in total. The highest BCUT2D eigenvalue weighted by atomic mass is 19.1. The zero-order valence-corrected chi connectivity index (χ0v) is 14.7. The summed E-state index contributed by atoms with van der Waals surface area (Å²) >= 11 is 0. The maximum Gasteiger partial charge on any atom is 0.339 e. The number of aryl methyl sites for hydroxylation is 1. The minimum absolute atomic E-state index is 0.0182. The van der Waals surface area contributed by atoms with E-state index in [0.717, 1.165) is 12.1 Å². The summed E-state index contributed by atoms with van der Waals surface area (Å²) in [6.45, 7) is 2.02. The number of rotatable bonds is 5. The third kappa shape index (κ3) is 3.71. The minimum atomic E-state index is -1.19. The lowest BCUT2D eigenvalue weighted by Crippen LogP contribution is -2.48. The highest BCUT2D eigenvalue weighted by molar-refractivity contribution is 5.89. The molecular formula is C19H19F2NO5. The molecule has 1 aromatic carbocycles. The quantitative estimate of drug-likeness (QED) is 0.834. The van der Waals surface area contributed by atoms with Crippen molar-refractivity contribution in [3.63, 3.8) is 0 Å². The summed E-state index contributed by atoms with van der Waals surface area (Å²) in [5.41, 5.74) is -1.05. The van der Waals surface area contributed by atoms with Gasteiger partial charge >= 0.3 is 5.97 Å². The van der Waals surface area contributed by atoms with Crippen LogP contribution in [0.1, 0.15) is 40.3 Å². The highest BCUT2D eigenvalue weighted by Crippen LogP contribution is 2.37. The van der Waals surface area contributed by atoms with Crippen molar-refractivity contribution in [3.05, 3.63) is 58.5 Å². The maximum absolute atomic E-state index is 14.4. The SMILES string of the molecule is Cc1oc(CNC(=O)C2(c3ccc(F)cc3F)CCOCC2)cc1C(=O)O. The van der Waals surface area contributed by atoms with Crippen molar-refractivity contribution < 1.29 is 32.6 Å². The zero-order chi connectivity index (χ0) is 19.6. The Morgan fingerprint density at radius 3 is 2.52 bits per heavy atom. The molecular weight excluding hydrogens is 360 g/mol. The highest BCUT2D eigenvalue weighted by Gasteiger charge is 2.43. The van der Waals surface area contributed by atoms with Gasteiger partial charge in [0.05, 0.1) is 12.0 Å². The summed E-state index contributed by atoms with van der Waals surface area (Å²) in [6, 6.07) is 4.51. The van der Waals surface area contributed by atoms with Crippen LogP contribution in [-0.2, 0) is 21.5 Å². The van der Waals surface area contributed by atoms with Crippen LogP contribution < -0.4 is 5.32 Å². The van der Waals surface area contributed by atoms with Gasteiger partial charge in [-0.05, 0) is 31.9 Å². The number of carboxylic acid groups (broad SMARTS) is 1. The predicted molar refractivity (Wildman–Crippen MR) is 90.3 cm³/mol. The van der Waals surface area contributed by atoms with Crippen LogP contribution in [0, 0.1) is 18.6 Å². The lowest BCUT2D eigenvalue weighted by atomic mass is 9.73. The number of ether oxygens (including phenoxy) is 1. The molecule has 1 fully saturated rings. The molecule has 0 spiro atoms. The first-order chi connectivity index (χ1) is 12.8. The van der Waals surface area contributed by atoms with E-state index in [1.807, 2.05) is 0 Å². The third-order valence-electron chi connectivity index (χ3n) is 4.85. The molecule has 27 heavy (non-hydrogen) atoms. The second-order valence-corrected chi connectivity index (χ2v) is 6.49. The van der Waals surface area contributed by atoms with E-state index < -0.39 is 28.9 Å². The van der Waals surface area contributed by atoms with Crippen molar-refractivity contribution >= 4 is 11.9 Å². The van der Waals surface area contributed by atoms with Gasteiger partial charge in [0.1, 0.15) is 28.7 Å². The van der Waals surface area contributed by atoms with E-state index in [-0.39, 0.29) is 55.2 Å². The van der Waals surface area contributed by atoms with E-state index in [0.29, 0.717) is 0 Å². The maximum atomic E-state index is 14.4. The van der Waals surface area contributed by atoms with Crippen LogP contribution in [0.15, 0.2) is 28.7 Å². The number of aromatic carboxylic acids is 1. The van der Waals surface area contributed by atoms with Gasteiger partial charge < -0.3 is 19.6 Å². The van der Waals surface area contributed by atoms with Gasteiger partial charge in [0.25, 0.3) is 0 Å². The van der Waals surface area contributed by atoms with Gasteiger partial charge in [-0.25, -0.2) is 13.6 Å². The number of hydrogen-bond donors (Lipinski definition) is 2. The van der Waals surface area contributed by atoms with Crippen LogP contribution in [0.25, 0.3) is 0 Å². The van der Waals surface area contributed by atoms with Gasteiger partial charge in [0, 0.05) is 24.8 Å². The number of nitrogens with one attached hydrogen (secondary N) is 1. The normalized spacial score (nSPS) is 16.1. The van der Waals surface area contributed by atoms with Crippen LogP contribution >= 0.6 is 0 Å². The standard InChI is InChI=1S/C19H19F2NO5/c1-11-14(17(23)24)9-13(27-11)10-22-18(25)19(4-6-26-7-5-19)15-3-2-12(20)8-16(15)21/h2-3,8-9H,4-7,10H2,1H3,(H,22,25)(H,23,24). The topological polar surface area (TPSA) is 88.8 Å². The van der Waals surface area contributed by atoms with Gasteiger partial charge in [-0.3, -0.25) is 4.79 Å². The van der Waals surface area contributed by atoms with Crippen LogP contribution in [-0.4, -0.2) is 30.2 Å². The Morgan fingerprint density at radius 2 is 1.93 bits per heavy atom. The van der Waals surface area contributed by atoms with Gasteiger partial charge in [0.2, 0.25) is 5.91 Å². The Balaban J connectivity index is 1.84. The average Bonchev–Trinajstić information content (AvgIpc) is 3.01. The first-order valence-corrected chi connectivity index (χ1v) is 8.48. The van der Waals surface area contributed by atoms with Crippen molar-refractivity contribution in [2.45, 2.75) is 31.7 Å². The molecule has 1 aliphatic rings. The van der Waals surface area contributed by atoms with Crippen LogP contribution in [0.2, 0.25) is 0 Å². The lowest BCUT2D eigenvalue weighted by molar-refractivity contribution is -0.130. The van der Waals surface area contributed by atoms with Crippen LogP contribution in [0.5, 0.6) is 0 Å². The number of hydrogen-bond acceptors (Lipinski definition) is 4. The molecule has 3 rings (SSSR count). The first-order valence-electron chi connectivity index (χ1n) is 8.48. The van der Waals surface area contributed by atoms with Crippen molar-refractivity contribution in [2.24, 2.45) is 0 Å². The molecule has 144 valence electrons. The summed E-state index contributed by atoms with van der Waals surface area (Å²) in [5.74, 6) is -2.55. The molecule has 0 bridgehead atoms. The third-order valence-corrected chi connectivity index (χ3v) is 4.85. The second kappa shape index (κ2) is 7.48. The fourth-order valence-electron chi connectivity index (χ4n) is 3.40. The number of halogens is 2. The van der Waals surface area contributed by atoms with Gasteiger partial charge in [-0.15, -0.1) is 0 Å². The molecule has 0 unspecified atom stereocenters. The first kappa shape index (κ1) is 19.0. The minimum Gasteiger partial charge on any atom is -0.478 e. The van der Waals surface area contributed by atoms with Gasteiger partial charge in [-0.1, -0.05) is 6.07 Å². The molecule has 8 heteroatoms. The molecule has 2 aromatic rings. The summed E-state index contributed by atoms with van der Waals surface area (Å²) < 4.78 is 38.3. The van der Waals surface area contributed by atoms with Crippen molar-refractivity contribution in [1.29, 1.82) is 0 Å². The molecule has 0 radical (unpaired) electrons. The summed E-state index contributed by atoms with van der Waals surface area (Å²) in [6.07, 6.45) is 0.498. The molecule has 1 aromatic heterocycles. The molecule has 0 atom stereocenters. The molecule has 0 aliphatic carbocycles. The molecule has 6 nitrogen and oxygen atoms in total. The van der Waals surface area contributed by atoms with Gasteiger partial charge in [0.15, 0.2) is 0 Å². The van der Waals surface area contributed by atoms with Crippen LogP contribution in [0.4, 0.5) is 8.78 Å². The Morgan fingerprint density at radius 1 is 1.22 bits per heavy atom. The smallest absolute Gasteiger partial charge is 0.339 e. The van der Waals surface area contributed by atoms with E-state index in [1.54, 1.807) is 0 Å². The predicted octanol–water partition coefficient (Wildman–Crippen LogP) is 2.93. The monoisotopic (exact) mass is 379 g/mol. The van der Waals surface area contributed by atoms with Crippen molar-refractivity contribution in [1.82, 2.24) is 5.32 Å².